The second-order valence-corrected chi connectivity index (χ2v) is 8.22. The van der Waals surface area contributed by atoms with Gasteiger partial charge in [-0.15, -0.1) is 11.3 Å². The first-order valence-corrected chi connectivity index (χ1v) is 10.3. The zero-order chi connectivity index (χ0) is 19.2. The molecule has 0 spiro atoms. The number of carbonyl (C=O) groups is 2. The number of sulfonamides is 1. The molecule has 0 unspecified atom stereocenters. The summed E-state index contributed by atoms with van der Waals surface area (Å²) in [6.07, 6.45) is 0.729. The van der Waals surface area contributed by atoms with Crippen molar-refractivity contribution < 1.29 is 22.7 Å². The highest BCUT2D eigenvalue weighted by Gasteiger charge is 2.18. The van der Waals surface area contributed by atoms with Gasteiger partial charge in [0.2, 0.25) is 10.0 Å². The van der Waals surface area contributed by atoms with E-state index in [0.29, 0.717) is 12.1 Å². The van der Waals surface area contributed by atoms with Gasteiger partial charge in [0, 0.05) is 17.0 Å². The Bertz CT molecular complexity index is 846. The number of hydrogen-bond acceptors (Lipinski definition) is 6. The monoisotopic (exact) mass is 396 g/mol. The van der Waals surface area contributed by atoms with Gasteiger partial charge < -0.3 is 10.1 Å². The maximum Gasteiger partial charge on any atom is 0.306 e. The van der Waals surface area contributed by atoms with E-state index in [1.807, 2.05) is 17.5 Å². The number of amides is 1. The number of aryl methyl sites for hydroxylation is 1. The van der Waals surface area contributed by atoms with Crippen LogP contribution in [-0.2, 0) is 30.8 Å². The van der Waals surface area contributed by atoms with Crippen LogP contribution in [0.15, 0.2) is 46.7 Å². The van der Waals surface area contributed by atoms with Crippen molar-refractivity contribution in [3.05, 3.63) is 46.7 Å². The van der Waals surface area contributed by atoms with Crippen LogP contribution in [-0.4, -0.2) is 26.4 Å². The van der Waals surface area contributed by atoms with Crippen LogP contribution in [0.4, 0.5) is 5.69 Å². The van der Waals surface area contributed by atoms with Crippen molar-refractivity contribution >= 4 is 38.9 Å². The molecular weight excluding hydrogens is 376 g/mol. The number of rotatable bonds is 8. The number of esters is 1. The summed E-state index contributed by atoms with van der Waals surface area (Å²) in [6, 6.07) is 9.35. The summed E-state index contributed by atoms with van der Waals surface area (Å²) in [7, 11) is -3.79. The molecule has 1 aromatic carbocycles. The smallest absolute Gasteiger partial charge is 0.306 e. The van der Waals surface area contributed by atoms with Crippen molar-refractivity contribution in [1.82, 2.24) is 0 Å². The van der Waals surface area contributed by atoms with Crippen LogP contribution in [0, 0.1) is 0 Å². The van der Waals surface area contributed by atoms with Gasteiger partial charge in [0.15, 0.2) is 6.10 Å². The minimum atomic E-state index is -3.79. The molecule has 0 aliphatic rings. The highest BCUT2D eigenvalue weighted by molar-refractivity contribution is 7.89. The minimum Gasteiger partial charge on any atom is -0.453 e. The van der Waals surface area contributed by atoms with Crippen LogP contribution >= 0.6 is 11.3 Å². The van der Waals surface area contributed by atoms with Gasteiger partial charge in [-0.3, -0.25) is 9.59 Å². The Labute approximate surface area is 156 Å². The molecule has 0 radical (unpaired) electrons. The number of nitrogens with two attached hydrogens (primary N) is 1. The van der Waals surface area contributed by atoms with E-state index in [0.717, 1.165) is 6.42 Å². The molecule has 0 bridgehead atoms. The summed E-state index contributed by atoms with van der Waals surface area (Å²) < 4.78 is 27.5. The predicted octanol–water partition coefficient (Wildman–Crippen LogP) is 2.29. The molecule has 9 heteroatoms. The summed E-state index contributed by atoms with van der Waals surface area (Å²) in [6.45, 7) is 1.48. The lowest BCUT2D eigenvalue weighted by Crippen LogP contribution is -2.30. The van der Waals surface area contributed by atoms with Crippen molar-refractivity contribution in [1.29, 1.82) is 0 Å². The van der Waals surface area contributed by atoms with Gasteiger partial charge in [0.25, 0.3) is 5.91 Å². The molecule has 7 nitrogen and oxygen atoms in total. The third-order valence-electron chi connectivity index (χ3n) is 3.51. The quantitative estimate of drug-likeness (QED) is 0.664. The molecule has 2 rings (SSSR count). The molecular formula is C17H20N2O5S2. The first-order valence-electron chi connectivity index (χ1n) is 7.91. The van der Waals surface area contributed by atoms with Crippen LogP contribution in [0.2, 0.25) is 0 Å². The van der Waals surface area contributed by atoms with Crippen molar-refractivity contribution in [2.75, 3.05) is 5.32 Å². The third-order valence-corrected chi connectivity index (χ3v) is 5.38. The highest BCUT2D eigenvalue weighted by atomic mass is 32.2. The molecule has 1 amide bonds. The van der Waals surface area contributed by atoms with E-state index >= 15 is 0 Å². The summed E-state index contributed by atoms with van der Waals surface area (Å²) >= 11 is 1.64. The first-order chi connectivity index (χ1) is 12.3. The van der Waals surface area contributed by atoms with Gasteiger partial charge in [-0.2, -0.15) is 0 Å². The number of anilines is 1. The van der Waals surface area contributed by atoms with Crippen LogP contribution in [0.1, 0.15) is 24.6 Å². The lowest BCUT2D eigenvalue weighted by atomic mass is 10.2. The fourth-order valence-corrected chi connectivity index (χ4v) is 3.41. The highest BCUT2D eigenvalue weighted by Crippen LogP contribution is 2.14. The van der Waals surface area contributed by atoms with Gasteiger partial charge in [-0.05, 0) is 55.5 Å². The Hall–Kier alpha value is -2.23. The van der Waals surface area contributed by atoms with Gasteiger partial charge >= 0.3 is 5.97 Å². The van der Waals surface area contributed by atoms with Gasteiger partial charge in [-0.1, -0.05) is 6.07 Å². The molecule has 1 heterocycles. The standard InChI is InChI=1S/C17H20N2O5S2/c1-12(24-16(20)6-2-4-14-5-3-11-25-14)17(21)19-13-7-9-15(10-8-13)26(18,22)23/h3,5,7-12H,2,4,6H2,1H3,(H,19,21)(H2,18,22,23)/t12-/m1/s1. The number of carbonyl (C=O) groups excluding carboxylic acids is 2. The van der Waals surface area contributed by atoms with E-state index in [1.54, 1.807) is 11.3 Å². The van der Waals surface area contributed by atoms with Crippen molar-refractivity contribution in [3.8, 4) is 0 Å². The molecule has 1 atom stereocenters. The molecule has 0 fully saturated rings. The average Bonchev–Trinajstić information content (AvgIpc) is 3.07. The molecule has 26 heavy (non-hydrogen) atoms. The Morgan fingerprint density at radius 1 is 1.23 bits per heavy atom. The largest absolute Gasteiger partial charge is 0.453 e. The predicted molar refractivity (Wildman–Crippen MR) is 99.3 cm³/mol. The summed E-state index contributed by atoms with van der Waals surface area (Å²) in [4.78, 5) is 25.0. The fraction of sp³-hybridized carbons (Fsp3) is 0.294. The van der Waals surface area contributed by atoms with E-state index in [1.165, 1.54) is 36.1 Å². The Morgan fingerprint density at radius 3 is 2.50 bits per heavy atom. The van der Waals surface area contributed by atoms with Gasteiger partial charge in [0.05, 0.1) is 4.90 Å². The Morgan fingerprint density at radius 2 is 1.92 bits per heavy atom. The third kappa shape index (κ3) is 6.25. The molecule has 0 saturated carbocycles. The first kappa shape index (κ1) is 20.1. The van der Waals surface area contributed by atoms with E-state index in [-0.39, 0.29) is 11.3 Å². The molecule has 0 aliphatic carbocycles. The molecule has 3 N–H and O–H groups in total. The number of ether oxygens (including phenoxy) is 1. The van der Waals surface area contributed by atoms with E-state index < -0.39 is 28.0 Å². The molecule has 2 aromatic rings. The average molecular weight is 396 g/mol. The number of hydrogen-bond donors (Lipinski definition) is 2. The number of thiophene rings is 1. The summed E-state index contributed by atoms with van der Waals surface area (Å²) in [5.41, 5.74) is 0.378. The fourth-order valence-electron chi connectivity index (χ4n) is 2.14. The number of primary sulfonamides is 1. The zero-order valence-electron chi connectivity index (χ0n) is 14.2. The molecule has 1 aromatic heterocycles. The van der Waals surface area contributed by atoms with Gasteiger partial charge in [-0.25, -0.2) is 13.6 Å². The lowest BCUT2D eigenvalue weighted by Gasteiger charge is -2.13. The number of benzene rings is 1. The normalized spacial score (nSPS) is 12.4. The van der Waals surface area contributed by atoms with Crippen LogP contribution < -0.4 is 10.5 Å². The van der Waals surface area contributed by atoms with Crippen molar-refractivity contribution in [3.63, 3.8) is 0 Å². The van der Waals surface area contributed by atoms with Gasteiger partial charge in [0.1, 0.15) is 0 Å². The maximum absolute atomic E-state index is 12.1. The molecule has 140 valence electrons. The SMILES string of the molecule is C[C@@H](OC(=O)CCCc1cccs1)C(=O)Nc1ccc(S(N)(=O)=O)cc1. The van der Waals surface area contributed by atoms with Crippen LogP contribution in [0.3, 0.4) is 0 Å². The topological polar surface area (TPSA) is 116 Å². The zero-order valence-corrected chi connectivity index (χ0v) is 15.8. The number of nitrogens with one attached hydrogen (secondary N) is 1. The van der Waals surface area contributed by atoms with Crippen molar-refractivity contribution in [2.45, 2.75) is 37.2 Å². The lowest BCUT2D eigenvalue weighted by molar-refractivity contribution is -0.153. The van der Waals surface area contributed by atoms with E-state index in [9.17, 15) is 18.0 Å². The summed E-state index contributed by atoms with van der Waals surface area (Å²) in [5.74, 6) is -0.936. The van der Waals surface area contributed by atoms with E-state index in [2.05, 4.69) is 5.32 Å². The second kappa shape index (κ2) is 8.93. The Balaban J connectivity index is 1.78. The minimum absolute atomic E-state index is 0.0549. The van der Waals surface area contributed by atoms with Crippen molar-refractivity contribution in [2.24, 2.45) is 5.14 Å². The van der Waals surface area contributed by atoms with E-state index in [4.69, 9.17) is 9.88 Å². The molecule has 0 aliphatic heterocycles. The second-order valence-electron chi connectivity index (χ2n) is 5.62. The maximum atomic E-state index is 12.1. The molecule has 0 saturated heterocycles. The van der Waals surface area contributed by atoms with Crippen LogP contribution in [0.25, 0.3) is 0 Å². The van der Waals surface area contributed by atoms with Crippen LogP contribution in [0.5, 0.6) is 0 Å². The summed E-state index contributed by atoms with van der Waals surface area (Å²) in [5, 5.41) is 9.55. The Kier molecular flexibility index (Phi) is 6.90.